The molecule has 1 fully saturated rings. The maximum absolute atomic E-state index is 12.5. The van der Waals surface area contributed by atoms with Crippen LogP contribution in [-0.4, -0.2) is 51.2 Å². The molecule has 2 aromatic rings. The van der Waals surface area contributed by atoms with E-state index in [1.807, 2.05) is 19.1 Å². The topological polar surface area (TPSA) is 75.6 Å². The molecular formula is C19H22ClN3O3. The smallest absolute Gasteiger partial charge is 0.256 e. The van der Waals surface area contributed by atoms with Crippen molar-refractivity contribution in [1.82, 2.24) is 14.9 Å². The van der Waals surface area contributed by atoms with Gasteiger partial charge in [0.2, 0.25) is 0 Å². The molecule has 0 spiro atoms. The van der Waals surface area contributed by atoms with E-state index in [0.29, 0.717) is 48.7 Å². The van der Waals surface area contributed by atoms with Crippen molar-refractivity contribution in [3.05, 3.63) is 53.1 Å². The van der Waals surface area contributed by atoms with Crippen molar-refractivity contribution < 1.29 is 14.6 Å². The van der Waals surface area contributed by atoms with Crippen LogP contribution in [0.25, 0.3) is 0 Å². The first-order valence-electron chi connectivity index (χ1n) is 8.62. The number of likely N-dealkylation sites (tertiary alicyclic amines) is 1. The second-order valence-electron chi connectivity index (χ2n) is 6.72. The molecule has 2 heterocycles. The predicted octanol–water partition coefficient (Wildman–Crippen LogP) is 2.87. The first-order valence-corrected chi connectivity index (χ1v) is 9.00. The summed E-state index contributed by atoms with van der Waals surface area (Å²) in [6.07, 6.45) is 6.11. The van der Waals surface area contributed by atoms with Crippen LogP contribution in [0.3, 0.4) is 0 Å². The molecule has 0 aliphatic carbocycles. The van der Waals surface area contributed by atoms with Crippen LogP contribution >= 0.6 is 11.6 Å². The lowest BCUT2D eigenvalue weighted by molar-refractivity contribution is -0.0163. The zero-order chi connectivity index (χ0) is 18.6. The summed E-state index contributed by atoms with van der Waals surface area (Å²) in [4.78, 5) is 22.1. The summed E-state index contributed by atoms with van der Waals surface area (Å²) in [5.41, 5.74) is 0.509. The Bertz CT molecular complexity index is 772. The molecule has 1 unspecified atom stereocenters. The molecule has 1 aliphatic heterocycles. The van der Waals surface area contributed by atoms with E-state index < -0.39 is 5.60 Å². The normalized spacial score (nSPS) is 20.5. The Morgan fingerprint density at radius 1 is 1.31 bits per heavy atom. The summed E-state index contributed by atoms with van der Waals surface area (Å²) >= 11 is 6.15. The Labute approximate surface area is 157 Å². The summed E-state index contributed by atoms with van der Waals surface area (Å²) in [5.74, 6) is 0.455. The molecule has 1 saturated heterocycles. The summed E-state index contributed by atoms with van der Waals surface area (Å²) < 4.78 is 5.79. The molecule has 1 aromatic heterocycles. The molecule has 138 valence electrons. The van der Waals surface area contributed by atoms with E-state index in [2.05, 4.69) is 9.97 Å². The van der Waals surface area contributed by atoms with Gasteiger partial charge < -0.3 is 14.7 Å². The molecule has 1 aliphatic rings. The standard InChI is InChI=1S/C19H22ClN3O3/c1-14-3-4-16(20)17(9-14)26-12-19(25)5-2-7-23(8-6-19)18(24)15-10-21-13-22-11-15/h3-4,9-11,13,25H,2,5-8,12H2,1H3. The molecule has 1 amide bonds. The van der Waals surface area contributed by atoms with Crippen molar-refractivity contribution in [1.29, 1.82) is 0 Å². The molecule has 1 N–H and O–H groups in total. The summed E-state index contributed by atoms with van der Waals surface area (Å²) in [6.45, 7) is 3.14. The largest absolute Gasteiger partial charge is 0.489 e. The van der Waals surface area contributed by atoms with Crippen molar-refractivity contribution in [3.63, 3.8) is 0 Å². The van der Waals surface area contributed by atoms with Crippen LogP contribution in [0.4, 0.5) is 0 Å². The van der Waals surface area contributed by atoms with Gasteiger partial charge in [0.05, 0.1) is 10.6 Å². The van der Waals surface area contributed by atoms with Crippen LogP contribution in [-0.2, 0) is 0 Å². The molecule has 26 heavy (non-hydrogen) atoms. The minimum absolute atomic E-state index is 0.113. The first kappa shape index (κ1) is 18.6. The van der Waals surface area contributed by atoms with Gasteiger partial charge in [-0.15, -0.1) is 0 Å². The minimum atomic E-state index is -0.991. The van der Waals surface area contributed by atoms with Crippen molar-refractivity contribution in [2.45, 2.75) is 31.8 Å². The molecule has 0 radical (unpaired) electrons. The zero-order valence-corrected chi connectivity index (χ0v) is 15.4. The molecule has 0 bridgehead atoms. The van der Waals surface area contributed by atoms with Crippen LogP contribution in [0.15, 0.2) is 36.9 Å². The molecule has 3 rings (SSSR count). The number of aliphatic hydroxyl groups is 1. The van der Waals surface area contributed by atoms with E-state index in [4.69, 9.17) is 16.3 Å². The number of hydrogen-bond donors (Lipinski definition) is 1. The zero-order valence-electron chi connectivity index (χ0n) is 14.7. The average Bonchev–Trinajstić information content (AvgIpc) is 2.85. The van der Waals surface area contributed by atoms with Gasteiger partial charge in [-0.05, 0) is 43.9 Å². The lowest BCUT2D eigenvalue weighted by Gasteiger charge is -2.27. The Kier molecular flexibility index (Phi) is 5.74. The Balaban J connectivity index is 1.62. The number of halogens is 1. The fourth-order valence-corrected chi connectivity index (χ4v) is 3.22. The van der Waals surface area contributed by atoms with E-state index in [9.17, 15) is 9.90 Å². The van der Waals surface area contributed by atoms with Gasteiger partial charge >= 0.3 is 0 Å². The molecule has 1 atom stereocenters. The average molecular weight is 376 g/mol. The lowest BCUT2D eigenvalue weighted by Crippen LogP contribution is -2.38. The van der Waals surface area contributed by atoms with E-state index in [0.717, 1.165) is 5.56 Å². The quantitative estimate of drug-likeness (QED) is 0.889. The molecular weight excluding hydrogens is 354 g/mol. The predicted molar refractivity (Wildman–Crippen MR) is 98.4 cm³/mol. The van der Waals surface area contributed by atoms with Crippen LogP contribution in [0.2, 0.25) is 5.02 Å². The molecule has 1 aromatic carbocycles. The number of benzene rings is 1. The highest BCUT2D eigenvalue weighted by molar-refractivity contribution is 6.32. The van der Waals surface area contributed by atoms with Gasteiger partial charge in [-0.25, -0.2) is 9.97 Å². The highest BCUT2D eigenvalue weighted by atomic mass is 35.5. The fraction of sp³-hybridized carbons (Fsp3) is 0.421. The maximum Gasteiger partial charge on any atom is 0.256 e. The SMILES string of the molecule is Cc1ccc(Cl)c(OCC2(O)CCCN(C(=O)c3cncnc3)CC2)c1. The maximum atomic E-state index is 12.5. The molecule has 6 nitrogen and oxygen atoms in total. The molecule has 0 saturated carbocycles. The van der Waals surface area contributed by atoms with Gasteiger partial charge in [-0.1, -0.05) is 17.7 Å². The number of nitrogens with zero attached hydrogens (tertiary/aromatic N) is 3. The molecule has 7 heteroatoms. The third-order valence-corrected chi connectivity index (χ3v) is 4.91. The van der Waals surface area contributed by atoms with Crippen LogP contribution in [0.5, 0.6) is 5.75 Å². The Morgan fingerprint density at radius 2 is 2.08 bits per heavy atom. The van der Waals surface area contributed by atoms with Gasteiger partial charge in [0.15, 0.2) is 0 Å². The highest BCUT2D eigenvalue weighted by Gasteiger charge is 2.33. The number of rotatable bonds is 4. The van der Waals surface area contributed by atoms with E-state index in [1.165, 1.54) is 18.7 Å². The summed E-state index contributed by atoms with van der Waals surface area (Å²) in [6, 6.07) is 5.55. The lowest BCUT2D eigenvalue weighted by atomic mass is 9.96. The summed E-state index contributed by atoms with van der Waals surface area (Å²) in [7, 11) is 0. The third kappa shape index (κ3) is 4.51. The van der Waals surface area contributed by atoms with Crippen molar-refractivity contribution in [3.8, 4) is 5.75 Å². The number of hydrogen-bond acceptors (Lipinski definition) is 5. The third-order valence-electron chi connectivity index (χ3n) is 4.60. The summed E-state index contributed by atoms with van der Waals surface area (Å²) in [5, 5.41) is 11.4. The second-order valence-corrected chi connectivity index (χ2v) is 7.13. The fourth-order valence-electron chi connectivity index (χ4n) is 3.05. The van der Waals surface area contributed by atoms with Gasteiger partial charge in [0, 0.05) is 25.5 Å². The van der Waals surface area contributed by atoms with Crippen molar-refractivity contribution in [2.75, 3.05) is 19.7 Å². The van der Waals surface area contributed by atoms with Crippen molar-refractivity contribution in [2.24, 2.45) is 0 Å². The first-order chi connectivity index (χ1) is 12.5. The second kappa shape index (κ2) is 8.01. The minimum Gasteiger partial charge on any atom is -0.489 e. The van der Waals surface area contributed by atoms with E-state index in [-0.39, 0.29) is 12.5 Å². The number of carbonyl (C=O) groups is 1. The monoisotopic (exact) mass is 375 g/mol. The Morgan fingerprint density at radius 3 is 2.85 bits per heavy atom. The Hall–Kier alpha value is -2.18. The van der Waals surface area contributed by atoms with Gasteiger partial charge in [0.25, 0.3) is 5.91 Å². The number of ether oxygens (including phenoxy) is 1. The number of amides is 1. The number of aryl methyl sites for hydroxylation is 1. The van der Waals surface area contributed by atoms with E-state index >= 15 is 0 Å². The van der Waals surface area contributed by atoms with Crippen LogP contribution in [0, 0.1) is 6.92 Å². The number of carbonyl (C=O) groups excluding carboxylic acids is 1. The van der Waals surface area contributed by atoms with Crippen molar-refractivity contribution >= 4 is 17.5 Å². The number of aromatic nitrogens is 2. The van der Waals surface area contributed by atoms with Gasteiger partial charge in [-0.2, -0.15) is 0 Å². The van der Waals surface area contributed by atoms with E-state index in [1.54, 1.807) is 11.0 Å². The van der Waals surface area contributed by atoms with Gasteiger partial charge in [0.1, 0.15) is 24.3 Å². The highest BCUT2D eigenvalue weighted by Crippen LogP contribution is 2.29. The van der Waals surface area contributed by atoms with Crippen LogP contribution < -0.4 is 4.74 Å². The van der Waals surface area contributed by atoms with Gasteiger partial charge in [-0.3, -0.25) is 4.79 Å². The van der Waals surface area contributed by atoms with Crippen LogP contribution in [0.1, 0.15) is 35.2 Å².